The zero-order chi connectivity index (χ0) is 14.0. The molecule has 3 nitrogen and oxygen atoms in total. The highest BCUT2D eigenvalue weighted by Crippen LogP contribution is 2.22. The Morgan fingerprint density at radius 1 is 1.26 bits per heavy atom. The fourth-order valence-corrected chi connectivity index (χ4v) is 1.82. The molecular weight excluding hydrogens is 274 g/mol. The first-order valence-corrected chi connectivity index (χ1v) is 5.89. The minimum absolute atomic E-state index is 0.207. The topological polar surface area (TPSA) is 45.2 Å². The molecule has 1 aromatic heterocycles. The summed E-state index contributed by atoms with van der Waals surface area (Å²) in [7, 11) is 0. The van der Waals surface area contributed by atoms with E-state index in [9.17, 15) is 8.78 Å². The van der Waals surface area contributed by atoms with Crippen molar-refractivity contribution in [3.63, 3.8) is 0 Å². The van der Waals surface area contributed by atoms with Gasteiger partial charge in [-0.25, -0.2) is 13.8 Å². The molecule has 2 N–H and O–H groups in total. The number of aromatic hydroxyl groups is 1. The number of phenols is 1. The van der Waals surface area contributed by atoms with Crippen molar-refractivity contribution in [1.29, 1.82) is 0 Å². The Balaban J connectivity index is 2.14. The molecule has 0 bridgehead atoms. The van der Waals surface area contributed by atoms with Gasteiger partial charge in [0.05, 0.1) is 11.4 Å². The monoisotopic (exact) mass is 284 g/mol. The Morgan fingerprint density at radius 2 is 1.89 bits per heavy atom. The SMILES string of the molecule is Cc1nc(Cl)ccc1NCc1cc(F)c(O)c(F)c1. The lowest BCUT2D eigenvalue weighted by Gasteiger charge is -2.10. The van der Waals surface area contributed by atoms with Gasteiger partial charge in [0.1, 0.15) is 5.15 Å². The van der Waals surface area contributed by atoms with Gasteiger partial charge in [0, 0.05) is 6.54 Å². The van der Waals surface area contributed by atoms with Crippen LogP contribution in [0.15, 0.2) is 24.3 Å². The smallest absolute Gasteiger partial charge is 0.187 e. The Labute approximate surface area is 113 Å². The predicted molar refractivity (Wildman–Crippen MR) is 69.3 cm³/mol. The quantitative estimate of drug-likeness (QED) is 0.846. The molecule has 0 atom stereocenters. The van der Waals surface area contributed by atoms with Crippen molar-refractivity contribution in [2.75, 3.05) is 5.32 Å². The summed E-state index contributed by atoms with van der Waals surface area (Å²) in [6.07, 6.45) is 0. The van der Waals surface area contributed by atoms with Crippen LogP contribution < -0.4 is 5.32 Å². The third-order valence-electron chi connectivity index (χ3n) is 2.61. The van der Waals surface area contributed by atoms with Crippen LogP contribution in [-0.2, 0) is 6.54 Å². The van der Waals surface area contributed by atoms with Gasteiger partial charge in [-0.15, -0.1) is 0 Å². The van der Waals surface area contributed by atoms with Crippen molar-refractivity contribution >= 4 is 17.3 Å². The van der Waals surface area contributed by atoms with Gasteiger partial charge in [0.2, 0.25) is 0 Å². The first-order chi connectivity index (χ1) is 8.97. The van der Waals surface area contributed by atoms with Crippen LogP contribution >= 0.6 is 11.6 Å². The van der Waals surface area contributed by atoms with Crippen LogP contribution in [0, 0.1) is 18.6 Å². The first kappa shape index (κ1) is 13.5. The van der Waals surface area contributed by atoms with Crippen molar-refractivity contribution in [3.05, 3.63) is 52.3 Å². The third-order valence-corrected chi connectivity index (χ3v) is 2.82. The second-order valence-electron chi connectivity index (χ2n) is 4.03. The fourth-order valence-electron chi connectivity index (χ4n) is 1.63. The molecule has 0 aliphatic rings. The predicted octanol–water partition coefficient (Wildman–Crippen LogP) is 3.64. The molecule has 0 spiro atoms. The second-order valence-corrected chi connectivity index (χ2v) is 4.42. The van der Waals surface area contributed by atoms with E-state index in [4.69, 9.17) is 16.7 Å². The number of aromatic nitrogens is 1. The lowest BCUT2D eigenvalue weighted by Crippen LogP contribution is -2.03. The molecule has 0 unspecified atom stereocenters. The van der Waals surface area contributed by atoms with Gasteiger partial charge in [-0.2, -0.15) is 0 Å². The fraction of sp³-hybridized carbons (Fsp3) is 0.154. The van der Waals surface area contributed by atoms with Crippen LogP contribution in [-0.4, -0.2) is 10.1 Å². The molecule has 0 saturated heterocycles. The van der Waals surface area contributed by atoms with Crippen molar-refractivity contribution in [2.24, 2.45) is 0 Å². The zero-order valence-corrected chi connectivity index (χ0v) is 10.8. The molecule has 0 amide bonds. The average molecular weight is 285 g/mol. The Hall–Kier alpha value is -1.88. The van der Waals surface area contributed by atoms with Gasteiger partial charge in [0.25, 0.3) is 0 Å². The molecule has 0 saturated carbocycles. The number of anilines is 1. The van der Waals surface area contributed by atoms with Gasteiger partial charge in [-0.05, 0) is 36.8 Å². The van der Waals surface area contributed by atoms with Crippen LogP contribution in [0.2, 0.25) is 5.15 Å². The summed E-state index contributed by atoms with van der Waals surface area (Å²) < 4.78 is 26.3. The van der Waals surface area contributed by atoms with E-state index in [1.54, 1.807) is 19.1 Å². The maximum atomic E-state index is 13.2. The van der Waals surface area contributed by atoms with Crippen molar-refractivity contribution < 1.29 is 13.9 Å². The number of rotatable bonds is 3. The summed E-state index contributed by atoms with van der Waals surface area (Å²) in [4.78, 5) is 4.05. The van der Waals surface area contributed by atoms with E-state index in [0.29, 0.717) is 16.4 Å². The molecule has 2 aromatic rings. The van der Waals surface area contributed by atoms with Crippen LogP contribution in [0.25, 0.3) is 0 Å². The number of aryl methyl sites for hydroxylation is 1. The van der Waals surface area contributed by atoms with Crippen molar-refractivity contribution in [1.82, 2.24) is 4.98 Å². The zero-order valence-electron chi connectivity index (χ0n) is 10.0. The Kier molecular flexibility index (Phi) is 3.85. The number of nitrogens with zero attached hydrogens (tertiary/aromatic N) is 1. The van der Waals surface area contributed by atoms with E-state index in [1.165, 1.54) is 0 Å². The number of hydrogen-bond donors (Lipinski definition) is 2. The average Bonchev–Trinajstić information content (AvgIpc) is 2.34. The molecule has 0 radical (unpaired) electrons. The maximum Gasteiger partial charge on any atom is 0.187 e. The molecule has 1 heterocycles. The van der Waals surface area contributed by atoms with Crippen LogP contribution in [0.4, 0.5) is 14.5 Å². The van der Waals surface area contributed by atoms with Gasteiger partial charge in [0.15, 0.2) is 17.4 Å². The number of pyridine rings is 1. The molecule has 0 fully saturated rings. The highest BCUT2D eigenvalue weighted by molar-refractivity contribution is 6.29. The van der Waals surface area contributed by atoms with Crippen molar-refractivity contribution in [3.8, 4) is 5.75 Å². The third kappa shape index (κ3) is 3.12. The second kappa shape index (κ2) is 5.40. The molecule has 6 heteroatoms. The summed E-state index contributed by atoms with van der Waals surface area (Å²) in [5.74, 6) is -2.93. The van der Waals surface area contributed by atoms with Crippen molar-refractivity contribution in [2.45, 2.75) is 13.5 Å². The van der Waals surface area contributed by atoms with E-state index in [-0.39, 0.29) is 6.54 Å². The summed E-state index contributed by atoms with van der Waals surface area (Å²) in [6.45, 7) is 1.98. The highest BCUT2D eigenvalue weighted by atomic mass is 35.5. The minimum atomic E-state index is -0.984. The molecule has 0 aliphatic carbocycles. The van der Waals surface area contributed by atoms with Gasteiger partial charge < -0.3 is 10.4 Å². The van der Waals surface area contributed by atoms with Crippen LogP contribution in [0.1, 0.15) is 11.3 Å². The lowest BCUT2D eigenvalue weighted by molar-refractivity contribution is 0.395. The van der Waals surface area contributed by atoms with Crippen LogP contribution in [0.3, 0.4) is 0 Å². The van der Waals surface area contributed by atoms with Crippen LogP contribution in [0.5, 0.6) is 5.75 Å². The van der Waals surface area contributed by atoms with E-state index in [1.807, 2.05) is 0 Å². The van der Waals surface area contributed by atoms with Gasteiger partial charge in [-0.3, -0.25) is 0 Å². The molecule has 100 valence electrons. The lowest BCUT2D eigenvalue weighted by atomic mass is 10.2. The number of phenolic OH excluding ortho intramolecular Hbond substituents is 1. The van der Waals surface area contributed by atoms with Gasteiger partial charge >= 0.3 is 0 Å². The van der Waals surface area contributed by atoms with E-state index >= 15 is 0 Å². The number of hydrogen-bond acceptors (Lipinski definition) is 3. The standard InChI is InChI=1S/C13H11ClF2N2O/c1-7-11(2-3-12(14)18-7)17-6-8-4-9(15)13(19)10(16)5-8/h2-5,17,19H,6H2,1H3. The summed E-state index contributed by atoms with van der Waals surface area (Å²) in [6, 6.07) is 5.50. The van der Waals surface area contributed by atoms with E-state index < -0.39 is 17.4 Å². The summed E-state index contributed by atoms with van der Waals surface area (Å²) >= 11 is 5.73. The number of nitrogens with one attached hydrogen (secondary N) is 1. The van der Waals surface area contributed by atoms with E-state index in [2.05, 4.69) is 10.3 Å². The molecule has 0 aliphatic heterocycles. The largest absolute Gasteiger partial charge is 0.503 e. The first-order valence-electron chi connectivity index (χ1n) is 5.51. The van der Waals surface area contributed by atoms with Gasteiger partial charge in [-0.1, -0.05) is 11.6 Å². The summed E-state index contributed by atoms with van der Waals surface area (Å²) in [5.41, 5.74) is 1.78. The highest BCUT2D eigenvalue weighted by Gasteiger charge is 2.09. The normalized spacial score (nSPS) is 10.5. The summed E-state index contributed by atoms with van der Waals surface area (Å²) in [5, 5.41) is 12.4. The molecule has 2 rings (SSSR count). The van der Waals surface area contributed by atoms with E-state index in [0.717, 1.165) is 17.8 Å². The number of benzene rings is 1. The number of halogens is 3. The Bertz CT molecular complexity index is 597. The molecular formula is C13H11ClF2N2O. The minimum Gasteiger partial charge on any atom is -0.503 e. The molecule has 1 aromatic carbocycles. The maximum absolute atomic E-state index is 13.2. The molecule has 19 heavy (non-hydrogen) atoms. The Morgan fingerprint density at radius 3 is 2.47 bits per heavy atom.